The highest BCUT2D eigenvalue weighted by molar-refractivity contribution is 9.11. The molecule has 0 spiro atoms. The highest BCUT2D eigenvalue weighted by Gasteiger charge is 2.50. The quantitative estimate of drug-likeness (QED) is 0.0418. The summed E-state index contributed by atoms with van der Waals surface area (Å²) in [5.41, 5.74) is 5.16. The Labute approximate surface area is 481 Å². The third-order valence-electron chi connectivity index (χ3n) is 14.7. The van der Waals surface area contributed by atoms with Gasteiger partial charge in [-0.2, -0.15) is 0 Å². The molecule has 0 radical (unpaired) electrons. The number of carbonyl (C=O) groups is 3. The maximum atomic E-state index is 15.1. The molecule has 5 aromatic rings. The van der Waals surface area contributed by atoms with Gasteiger partial charge in [-0.1, -0.05) is 176 Å². The molecule has 0 aromatic carbocycles. The highest BCUT2D eigenvalue weighted by atomic mass is 79.9. The zero-order valence-corrected chi connectivity index (χ0v) is 50.7. The summed E-state index contributed by atoms with van der Waals surface area (Å²) in [7, 11) is 0. The van der Waals surface area contributed by atoms with E-state index < -0.39 is 0 Å². The van der Waals surface area contributed by atoms with E-state index in [2.05, 4.69) is 93.8 Å². The normalized spacial score (nSPS) is 15.0. The number of aliphatic imine (C=N–C) groups is 1. The third-order valence-corrected chi connectivity index (χ3v) is 19.7. The number of nitrogens with zero attached hydrogens (tertiary/aromatic N) is 3. The molecule has 2 atom stereocenters. The predicted molar refractivity (Wildman–Crippen MR) is 329 cm³/mol. The molecule has 3 aliphatic rings. The van der Waals surface area contributed by atoms with E-state index in [-0.39, 0.29) is 31.0 Å². The number of thiophene rings is 4. The first-order chi connectivity index (χ1) is 36.1. The summed E-state index contributed by atoms with van der Waals surface area (Å²) < 4.78 is 2.05. The number of aromatic amines is 1. The molecule has 408 valence electrons. The summed E-state index contributed by atoms with van der Waals surface area (Å²) in [5.74, 6) is 0.593. The first kappa shape index (κ1) is 60.8. The van der Waals surface area contributed by atoms with Crippen molar-refractivity contribution in [2.75, 3.05) is 13.1 Å². The van der Waals surface area contributed by atoms with E-state index in [0.717, 1.165) is 64.2 Å². The number of rotatable bonds is 32. The van der Waals surface area contributed by atoms with Crippen LogP contribution in [0.15, 0.2) is 83.0 Å². The van der Waals surface area contributed by atoms with Gasteiger partial charge in [0, 0.05) is 13.1 Å². The maximum Gasteiger partial charge on any atom is 0.280 e. The first-order valence-electron chi connectivity index (χ1n) is 27.9. The molecular formula is C61H82Br2N4O4S4. The van der Waals surface area contributed by atoms with Crippen molar-refractivity contribution in [2.45, 2.75) is 189 Å². The monoisotopic (exact) mass is 1220 g/mol. The number of aromatic nitrogens is 1. The average molecular weight is 1220 g/mol. The van der Waals surface area contributed by atoms with Gasteiger partial charge < -0.3 is 19.9 Å². The number of aromatic hydroxyl groups is 1. The van der Waals surface area contributed by atoms with Crippen LogP contribution in [0.1, 0.15) is 220 Å². The molecule has 3 amide bonds. The molecule has 0 saturated heterocycles. The van der Waals surface area contributed by atoms with Gasteiger partial charge >= 0.3 is 0 Å². The highest BCUT2D eigenvalue weighted by Crippen LogP contribution is 2.50. The molecule has 0 fully saturated rings. The molecule has 2 N–H and O–H groups in total. The Kier molecular flexibility index (Phi) is 25.3. The smallest absolute Gasteiger partial charge is 0.280 e. The summed E-state index contributed by atoms with van der Waals surface area (Å²) in [5, 5.41) is 14.0. The van der Waals surface area contributed by atoms with Crippen LogP contribution >= 0.6 is 77.2 Å². The molecule has 0 bridgehead atoms. The van der Waals surface area contributed by atoms with Gasteiger partial charge in [0.2, 0.25) is 0 Å². The van der Waals surface area contributed by atoms with Crippen molar-refractivity contribution in [3.63, 3.8) is 0 Å². The molecule has 8 rings (SSSR count). The molecule has 2 unspecified atom stereocenters. The van der Waals surface area contributed by atoms with Crippen LogP contribution in [0.5, 0.6) is 5.88 Å². The number of fused-ring (bicyclic) bond motifs is 2. The lowest BCUT2D eigenvalue weighted by Crippen LogP contribution is -2.34. The molecular weight excluding hydrogens is 1140 g/mol. The van der Waals surface area contributed by atoms with E-state index in [9.17, 15) is 9.90 Å². The topological polar surface area (TPSA) is 106 Å². The second-order valence-corrected chi connectivity index (χ2v) is 27.2. The Bertz CT molecular complexity index is 2560. The lowest BCUT2D eigenvalue weighted by molar-refractivity contribution is -0.124. The predicted octanol–water partition coefficient (Wildman–Crippen LogP) is 20.0. The van der Waals surface area contributed by atoms with Crippen molar-refractivity contribution >= 4 is 112 Å². The van der Waals surface area contributed by atoms with E-state index >= 15 is 9.59 Å². The van der Waals surface area contributed by atoms with Gasteiger partial charge in [-0.3, -0.25) is 14.4 Å². The van der Waals surface area contributed by atoms with Crippen LogP contribution in [-0.2, 0) is 9.59 Å². The maximum absolute atomic E-state index is 15.1. The van der Waals surface area contributed by atoms with E-state index in [1.165, 1.54) is 151 Å². The molecule has 8 heterocycles. The Hall–Kier alpha value is -3.40. The minimum atomic E-state index is -0.302. The van der Waals surface area contributed by atoms with Crippen molar-refractivity contribution in [3.05, 3.63) is 104 Å². The lowest BCUT2D eigenvalue weighted by Gasteiger charge is -2.29. The Morgan fingerprint density at radius 2 is 0.933 bits per heavy atom. The zero-order valence-electron chi connectivity index (χ0n) is 44.2. The van der Waals surface area contributed by atoms with Crippen molar-refractivity contribution in [1.29, 1.82) is 0 Å². The first-order valence-corrected chi connectivity index (χ1v) is 32.9. The molecule has 0 aliphatic carbocycles. The fourth-order valence-corrected chi connectivity index (χ4v) is 15.1. The van der Waals surface area contributed by atoms with Gasteiger partial charge in [0.1, 0.15) is 0 Å². The SMILES string of the molecule is C.CCCCCCCCC(CCCCCC)CN1C(=O)C2=C(c3ccc(Br)s3)N(CC(CCCCCC)CCCCCCCC)C(=O)C2=C1c1ccc(Br)s1.O=C1N=C(c2cccs2)c2c(O)[nH]c(-c3cccs3)c21. The molecule has 75 heavy (non-hydrogen) atoms. The van der Waals surface area contributed by atoms with E-state index in [1.807, 2.05) is 44.8 Å². The van der Waals surface area contributed by atoms with E-state index in [4.69, 9.17) is 0 Å². The van der Waals surface area contributed by atoms with Crippen LogP contribution in [0.25, 0.3) is 22.0 Å². The number of nitrogens with one attached hydrogen (secondary N) is 1. The Morgan fingerprint density at radius 1 is 0.533 bits per heavy atom. The number of hydrogen-bond acceptors (Lipinski definition) is 8. The fourth-order valence-electron chi connectivity index (χ4n) is 10.8. The van der Waals surface area contributed by atoms with Crippen LogP contribution in [0, 0.1) is 11.8 Å². The molecule has 3 aliphatic heterocycles. The van der Waals surface area contributed by atoms with Crippen LogP contribution in [0.2, 0.25) is 0 Å². The standard InChI is InChI=1S/C46H70Br2N2O2S2.C14H8N2O2S2.CH4/c1-5-9-13-17-19-23-27-35(25-21-15-11-7-3)33-49-43(37-29-31-39(47)53-37)41-42(45(49)51)44(38-30-32-40(48)54-38)50(46(41)52)34-36(26-22-16-12-8-4)28-24-20-18-14-10-6-2;17-13-9-10(12(16-13)8-4-2-6-20-8)14(18)15-11(9)7-3-1-5-19-7;/h29-32,35-36H,5-28,33-34H2,1-4H3;1-6,15,18H;1H4. The van der Waals surface area contributed by atoms with Gasteiger partial charge in [0.05, 0.1) is 72.2 Å². The fraction of sp³-hybridized carbons (Fsp3) is 0.541. The van der Waals surface area contributed by atoms with Gasteiger partial charge in [0.15, 0.2) is 5.88 Å². The molecule has 14 heteroatoms. The third kappa shape index (κ3) is 15.9. The minimum absolute atomic E-state index is 0. The van der Waals surface area contributed by atoms with Crippen molar-refractivity contribution in [2.24, 2.45) is 16.8 Å². The van der Waals surface area contributed by atoms with Gasteiger partial charge in [-0.25, -0.2) is 4.99 Å². The summed E-state index contributed by atoms with van der Waals surface area (Å²) in [6.07, 6.45) is 29.8. The number of hydrogen-bond donors (Lipinski definition) is 2. The van der Waals surface area contributed by atoms with Crippen molar-refractivity contribution in [1.82, 2.24) is 14.8 Å². The summed E-state index contributed by atoms with van der Waals surface area (Å²) in [6, 6.07) is 16.0. The van der Waals surface area contributed by atoms with Crippen LogP contribution in [0.4, 0.5) is 0 Å². The van der Waals surface area contributed by atoms with E-state index in [1.54, 1.807) is 22.7 Å². The summed E-state index contributed by atoms with van der Waals surface area (Å²) >= 11 is 13.7. The molecule has 8 nitrogen and oxygen atoms in total. The largest absolute Gasteiger partial charge is 0.494 e. The minimum Gasteiger partial charge on any atom is -0.494 e. The van der Waals surface area contributed by atoms with Crippen molar-refractivity contribution in [3.8, 4) is 16.5 Å². The van der Waals surface area contributed by atoms with Crippen molar-refractivity contribution < 1.29 is 19.5 Å². The number of amides is 3. The Balaban J connectivity index is 0.000000358. The van der Waals surface area contributed by atoms with Crippen LogP contribution in [0.3, 0.4) is 0 Å². The Morgan fingerprint density at radius 3 is 1.32 bits per heavy atom. The number of H-pyrrole nitrogens is 1. The summed E-state index contributed by atoms with van der Waals surface area (Å²) in [6.45, 7) is 10.5. The van der Waals surface area contributed by atoms with Gasteiger partial charge in [-0.05, 0) is 117 Å². The second kappa shape index (κ2) is 31.3. The van der Waals surface area contributed by atoms with E-state index in [0.29, 0.717) is 58.6 Å². The second-order valence-electron chi connectivity index (χ2n) is 20.3. The molecule has 5 aromatic heterocycles. The zero-order chi connectivity index (χ0) is 52.4. The average Bonchev–Trinajstić information content (AvgIpc) is 4.27. The number of unbranched alkanes of at least 4 members (excludes halogenated alkanes) is 16. The number of halogens is 2. The molecule has 0 saturated carbocycles. The van der Waals surface area contributed by atoms with Gasteiger partial charge in [-0.15, -0.1) is 45.3 Å². The van der Waals surface area contributed by atoms with Gasteiger partial charge in [0.25, 0.3) is 17.7 Å². The van der Waals surface area contributed by atoms with Crippen LogP contribution in [-0.4, -0.2) is 56.4 Å². The number of carbonyl (C=O) groups excluding carboxylic acids is 3. The summed E-state index contributed by atoms with van der Waals surface area (Å²) in [4.78, 5) is 57.3. The van der Waals surface area contributed by atoms with Crippen LogP contribution < -0.4 is 0 Å². The lowest BCUT2D eigenvalue weighted by atomic mass is 9.93.